The number of nitrogens with one attached hydrogen (secondary N) is 1. The van der Waals surface area contributed by atoms with Crippen molar-refractivity contribution in [1.82, 2.24) is 14.8 Å². The van der Waals surface area contributed by atoms with E-state index in [1.54, 1.807) is 42.8 Å². The third-order valence-corrected chi connectivity index (χ3v) is 4.43. The largest absolute Gasteiger partial charge is 0.471 e. The van der Waals surface area contributed by atoms with E-state index < -0.39 is 4.92 Å². The molecule has 3 aromatic rings. The number of hydrazone groups is 1. The first kappa shape index (κ1) is 20.9. The van der Waals surface area contributed by atoms with Gasteiger partial charge in [0.1, 0.15) is 18.1 Å². The zero-order chi connectivity index (χ0) is 21.3. The number of benzene rings is 1. The second-order valence-corrected chi connectivity index (χ2v) is 6.69. The Balaban J connectivity index is 1.47. The van der Waals surface area contributed by atoms with Gasteiger partial charge in [0, 0.05) is 5.38 Å². The molecule has 0 aliphatic rings. The van der Waals surface area contributed by atoms with Crippen LogP contribution in [0.3, 0.4) is 0 Å². The normalized spacial score (nSPS) is 10.8. The average Bonchev–Trinajstić information content (AvgIpc) is 3.37. The number of aromatic nitrogens is 3. The summed E-state index contributed by atoms with van der Waals surface area (Å²) in [5, 5.41) is 21.0. The minimum Gasteiger partial charge on any atom is -0.471 e. The number of carbonyl (C=O) groups excluding carboxylic acids is 1. The highest BCUT2D eigenvalue weighted by molar-refractivity contribution is 7.13. The Labute approximate surface area is 175 Å². The minimum atomic E-state index is -0.515. The smallest absolute Gasteiger partial charge is 0.311 e. The predicted octanol–water partition coefficient (Wildman–Crippen LogP) is 2.84. The molecule has 1 aromatic carbocycles. The van der Waals surface area contributed by atoms with E-state index in [1.807, 2.05) is 0 Å². The lowest BCUT2D eigenvalue weighted by Crippen LogP contribution is -2.07. The van der Waals surface area contributed by atoms with Crippen LogP contribution in [0.15, 0.2) is 47.1 Å². The second-order valence-electron chi connectivity index (χ2n) is 5.83. The molecule has 1 N–H and O–H groups in total. The molecule has 2 heterocycles. The van der Waals surface area contributed by atoms with Crippen molar-refractivity contribution in [3.8, 4) is 5.75 Å². The van der Waals surface area contributed by atoms with Crippen LogP contribution >= 0.6 is 11.3 Å². The summed E-state index contributed by atoms with van der Waals surface area (Å²) < 4.78 is 11.8. The van der Waals surface area contributed by atoms with Crippen LogP contribution in [-0.2, 0) is 22.7 Å². The SMILES string of the molecule is CCOC(=O)Cc1csc(NN=Cc2ccc(OCn3cc([N+](=O)[O-])cn3)cc2)n1. The molecule has 0 fully saturated rings. The van der Waals surface area contributed by atoms with E-state index in [4.69, 9.17) is 9.47 Å². The summed E-state index contributed by atoms with van der Waals surface area (Å²) >= 11 is 1.34. The lowest BCUT2D eigenvalue weighted by atomic mass is 10.2. The standard InChI is InChI=1S/C18H18N6O5S/c1-2-28-17(25)7-14-11-30-18(21-14)22-19-8-13-3-5-16(6-4-13)29-12-23-10-15(9-20-23)24(26)27/h3-6,8-11H,2,7,12H2,1H3,(H,21,22). The van der Waals surface area contributed by atoms with Gasteiger partial charge in [0.25, 0.3) is 0 Å². The topological polar surface area (TPSA) is 134 Å². The van der Waals surface area contributed by atoms with Gasteiger partial charge in [-0.2, -0.15) is 10.2 Å². The highest BCUT2D eigenvalue weighted by Gasteiger charge is 2.09. The summed E-state index contributed by atoms with van der Waals surface area (Å²) in [6.45, 7) is 2.15. The summed E-state index contributed by atoms with van der Waals surface area (Å²) in [5.41, 5.74) is 4.18. The number of hydrogen-bond acceptors (Lipinski definition) is 10. The lowest BCUT2D eigenvalue weighted by molar-refractivity contribution is -0.385. The number of nitrogens with zero attached hydrogens (tertiary/aromatic N) is 5. The van der Waals surface area contributed by atoms with Crippen molar-refractivity contribution >= 4 is 34.3 Å². The fourth-order valence-corrected chi connectivity index (χ4v) is 2.93. The van der Waals surface area contributed by atoms with Gasteiger partial charge < -0.3 is 9.47 Å². The lowest BCUT2D eigenvalue weighted by Gasteiger charge is -2.05. The van der Waals surface area contributed by atoms with Gasteiger partial charge in [-0.25, -0.2) is 9.67 Å². The second kappa shape index (κ2) is 10.1. The van der Waals surface area contributed by atoms with Gasteiger partial charge in [-0.1, -0.05) is 0 Å². The van der Waals surface area contributed by atoms with Crippen LogP contribution in [0.5, 0.6) is 5.75 Å². The molecule has 0 bridgehead atoms. The number of thiazole rings is 1. The van der Waals surface area contributed by atoms with Crippen molar-refractivity contribution in [2.24, 2.45) is 5.10 Å². The van der Waals surface area contributed by atoms with E-state index in [0.717, 1.165) is 11.8 Å². The number of esters is 1. The zero-order valence-electron chi connectivity index (χ0n) is 15.9. The van der Waals surface area contributed by atoms with E-state index in [1.165, 1.54) is 22.2 Å². The molecule has 0 amide bonds. The molecule has 0 saturated heterocycles. The highest BCUT2D eigenvalue weighted by Crippen LogP contribution is 2.16. The van der Waals surface area contributed by atoms with Crippen LogP contribution in [0.4, 0.5) is 10.8 Å². The Morgan fingerprint density at radius 1 is 1.40 bits per heavy atom. The average molecular weight is 430 g/mol. The maximum atomic E-state index is 11.5. The van der Waals surface area contributed by atoms with Gasteiger partial charge >= 0.3 is 11.7 Å². The highest BCUT2D eigenvalue weighted by atomic mass is 32.1. The van der Waals surface area contributed by atoms with Crippen LogP contribution in [-0.4, -0.2) is 38.5 Å². The van der Waals surface area contributed by atoms with Crippen molar-refractivity contribution in [2.45, 2.75) is 20.1 Å². The first-order valence-corrected chi connectivity index (χ1v) is 9.70. The molecule has 11 nitrogen and oxygen atoms in total. The van der Waals surface area contributed by atoms with E-state index >= 15 is 0 Å². The zero-order valence-corrected chi connectivity index (χ0v) is 16.7. The van der Waals surface area contributed by atoms with Crippen molar-refractivity contribution in [3.05, 3.63) is 63.4 Å². The molecule has 0 saturated carbocycles. The number of ether oxygens (including phenoxy) is 2. The maximum absolute atomic E-state index is 11.5. The van der Waals surface area contributed by atoms with Gasteiger partial charge in [-0.15, -0.1) is 11.3 Å². The van der Waals surface area contributed by atoms with Crippen LogP contribution in [0, 0.1) is 10.1 Å². The Bertz CT molecular complexity index is 1030. The fraction of sp³-hybridized carbons (Fsp3) is 0.222. The van der Waals surface area contributed by atoms with Crippen molar-refractivity contribution in [3.63, 3.8) is 0 Å². The molecular weight excluding hydrogens is 412 g/mol. The maximum Gasteiger partial charge on any atom is 0.311 e. The molecule has 0 radical (unpaired) electrons. The molecule has 0 aliphatic heterocycles. The molecular formula is C18H18N6O5S. The Morgan fingerprint density at radius 2 is 2.20 bits per heavy atom. The van der Waals surface area contributed by atoms with E-state index in [-0.39, 0.29) is 24.8 Å². The van der Waals surface area contributed by atoms with E-state index in [9.17, 15) is 14.9 Å². The molecule has 0 atom stereocenters. The molecule has 30 heavy (non-hydrogen) atoms. The number of anilines is 1. The molecule has 0 aliphatic carbocycles. The van der Waals surface area contributed by atoms with Crippen molar-refractivity contribution < 1.29 is 19.2 Å². The van der Waals surface area contributed by atoms with Gasteiger partial charge in [0.05, 0.1) is 29.9 Å². The Kier molecular flexibility index (Phi) is 7.05. The van der Waals surface area contributed by atoms with Crippen LogP contribution < -0.4 is 10.2 Å². The number of rotatable bonds is 10. The third-order valence-electron chi connectivity index (χ3n) is 3.63. The summed E-state index contributed by atoms with van der Waals surface area (Å²) in [4.78, 5) is 25.8. The molecule has 3 rings (SSSR count). The quantitative estimate of drug-likeness (QED) is 0.225. The molecule has 0 unspecified atom stereocenters. The van der Waals surface area contributed by atoms with Crippen molar-refractivity contribution in [2.75, 3.05) is 12.0 Å². The minimum absolute atomic E-state index is 0.0566. The molecule has 0 spiro atoms. The summed E-state index contributed by atoms with van der Waals surface area (Å²) in [6.07, 6.45) is 4.21. The van der Waals surface area contributed by atoms with Gasteiger partial charge in [-0.05, 0) is 36.8 Å². The van der Waals surface area contributed by atoms with Crippen LogP contribution in [0.1, 0.15) is 18.2 Å². The molecule has 156 valence electrons. The molecule has 2 aromatic heterocycles. The van der Waals surface area contributed by atoms with Crippen LogP contribution in [0.25, 0.3) is 0 Å². The Morgan fingerprint density at radius 3 is 2.90 bits per heavy atom. The van der Waals surface area contributed by atoms with Gasteiger partial charge in [-0.3, -0.25) is 20.3 Å². The number of carbonyl (C=O) groups is 1. The third kappa shape index (κ3) is 6.10. The number of nitro groups is 1. The predicted molar refractivity (Wildman–Crippen MR) is 110 cm³/mol. The van der Waals surface area contributed by atoms with E-state index in [0.29, 0.717) is 23.2 Å². The molecule has 12 heteroatoms. The van der Waals surface area contributed by atoms with Crippen molar-refractivity contribution in [1.29, 1.82) is 0 Å². The Hall–Kier alpha value is -3.80. The van der Waals surface area contributed by atoms with E-state index in [2.05, 4.69) is 20.6 Å². The summed E-state index contributed by atoms with van der Waals surface area (Å²) in [6, 6.07) is 7.11. The monoisotopic (exact) mass is 430 g/mol. The first-order valence-electron chi connectivity index (χ1n) is 8.82. The first-order chi connectivity index (χ1) is 14.5. The fourth-order valence-electron chi connectivity index (χ4n) is 2.27. The van der Waals surface area contributed by atoms with Gasteiger partial charge in [0.15, 0.2) is 6.73 Å². The summed E-state index contributed by atoms with van der Waals surface area (Å²) in [7, 11) is 0. The van der Waals surface area contributed by atoms with Crippen LogP contribution in [0.2, 0.25) is 0 Å². The van der Waals surface area contributed by atoms with Gasteiger partial charge in [0.2, 0.25) is 5.13 Å². The summed E-state index contributed by atoms with van der Waals surface area (Å²) in [5.74, 6) is 0.271. The number of hydrogen-bond donors (Lipinski definition) is 1.